The van der Waals surface area contributed by atoms with Gasteiger partial charge in [0.05, 0.1) is 12.8 Å². The maximum absolute atomic E-state index is 9.05. The van der Waals surface area contributed by atoms with Crippen molar-refractivity contribution in [3.8, 4) is 11.8 Å². The number of oxazole rings is 1. The highest BCUT2D eigenvalue weighted by Crippen LogP contribution is 2.22. The lowest BCUT2D eigenvalue weighted by molar-refractivity contribution is 0.317. The van der Waals surface area contributed by atoms with Crippen LogP contribution in [0.2, 0.25) is 0 Å². The van der Waals surface area contributed by atoms with Crippen LogP contribution < -0.4 is 10.2 Å². The van der Waals surface area contributed by atoms with Gasteiger partial charge in [-0.2, -0.15) is 10.4 Å². The summed E-state index contributed by atoms with van der Waals surface area (Å²) in [4.78, 5) is 4.11. The van der Waals surface area contributed by atoms with Gasteiger partial charge in [0.25, 0.3) is 5.88 Å². The fourth-order valence-corrected chi connectivity index (χ4v) is 1.77. The van der Waals surface area contributed by atoms with E-state index < -0.39 is 0 Å². The molecule has 120 valence electrons. The van der Waals surface area contributed by atoms with Gasteiger partial charge in [0.15, 0.2) is 0 Å². The number of nitriles is 1. The van der Waals surface area contributed by atoms with Crippen molar-refractivity contribution in [2.24, 2.45) is 5.10 Å². The topological polar surface area (TPSA) is 83.4 Å². The number of hydrogen-bond acceptors (Lipinski definition) is 6. The fourth-order valence-electron chi connectivity index (χ4n) is 1.77. The molecular formula is C17H20N4O2. The minimum Gasteiger partial charge on any atom is -0.494 e. The van der Waals surface area contributed by atoms with Gasteiger partial charge >= 0.3 is 0 Å². The van der Waals surface area contributed by atoms with E-state index in [0.717, 1.165) is 17.7 Å². The molecule has 0 saturated heterocycles. The summed E-state index contributed by atoms with van der Waals surface area (Å²) in [6.45, 7) is 6.66. The number of benzene rings is 1. The summed E-state index contributed by atoms with van der Waals surface area (Å²) in [5, 5.41) is 13.1. The lowest BCUT2D eigenvalue weighted by atomic mass is 10.2. The average molecular weight is 312 g/mol. The second-order valence-electron chi connectivity index (χ2n) is 5.28. The van der Waals surface area contributed by atoms with Crippen molar-refractivity contribution in [2.45, 2.75) is 33.1 Å². The molecule has 6 nitrogen and oxygen atoms in total. The molecule has 0 spiro atoms. The van der Waals surface area contributed by atoms with Crippen molar-refractivity contribution >= 4 is 12.1 Å². The third-order valence-electron chi connectivity index (χ3n) is 2.98. The largest absolute Gasteiger partial charge is 0.494 e. The van der Waals surface area contributed by atoms with Gasteiger partial charge in [0.2, 0.25) is 11.6 Å². The second-order valence-corrected chi connectivity index (χ2v) is 5.28. The van der Waals surface area contributed by atoms with Crippen LogP contribution in [-0.2, 0) is 0 Å². The molecule has 0 aliphatic rings. The molecule has 0 saturated carbocycles. The Labute approximate surface area is 135 Å². The summed E-state index contributed by atoms with van der Waals surface area (Å²) >= 11 is 0. The molecule has 23 heavy (non-hydrogen) atoms. The maximum atomic E-state index is 9.05. The van der Waals surface area contributed by atoms with Crippen LogP contribution in [0.4, 0.5) is 5.88 Å². The summed E-state index contributed by atoms with van der Waals surface area (Å²) in [6, 6.07) is 9.58. The zero-order valence-electron chi connectivity index (χ0n) is 13.5. The lowest BCUT2D eigenvalue weighted by Crippen LogP contribution is -1.95. The first-order chi connectivity index (χ1) is 11.1. The maximum Gasteiger partial charge on any atom is 0.252 e. The average Bonchev–Trinajstić information content (AvgIpc) is 2.98. The molecule has 1 aromatic carbocycles. The molecule has 0 bridgehead atoms. The van der Waals surface area contributed by atoms with Crippen molar-refractivity contribution in [2.75, 3.05) is 12.0 Å². The number of hydrazone groups is 1. The van der Waals surface area contributed by atoms with Crippen LogP contribution >= 0.6 is 0 Å². The van der Waals surface area contributed by atoms with Crippen LogP contribution in [0.15, 0.2) is 33.8 Å². The first-order valence-electron chi connectivity index (χ1n) is 7.56. The standard InChI is InChI=1S/C17H20N4O2/c1-4-9-22-14-7-5-13(6-8-14)11-19-21-17-15(10-18)20-16(23-17)12(2)3/h5-8,11-12,21H,4,9H2,1-3H3. The molecule has 1 N–H and O–H groups in total. The van der Waals surface area contributed by atoms with E-state index in [1.165, 1.54) is 0 Å². The molecule has 0 atom stereocenters. The van der Waals surface area contributed by atoms with E-state index in [4.69, 9.17) is 14.4 Å². The SMILES string of the molecule is CCCOc1ccc(C=NNc2oc(C(C)C)nc2C#N)cc1. The van der Waals surface area contributed by atoms with Gasteiger partial charge in [-0.25, -0.2) is 10.4 Å². The molecular weight excluding hydrogens is 292 g/mol. The summed E-state index contributed by atoms with van der Waals surface area (Å²) in [7, 11) is 0. The molecule has 1 heterocycles. The van der Waals surface area contributed by atoms with Gasteiger partial charge in [-0.1, -0.05) is 20.8 Å². The number of nitrogens with zero attached hydrogens (tertiary/aromatic N) is 3. The molecule has 1 aromatic heterocycles. The van der Waals surface area contributed by atoms with Crippen LogP contribution in [0.25, 0.3) is 0 Å². The normalized spacial score (nSPS) is 10.9. The van der Waals surface area contributed by atoms with Crippen LogP contribution in [0.5, 0.6) is 5.75 Å². The predicted octanol–water partition coefficient (Wildman–Crippen LogP) is 3.90. The fraction of sp³-hybridized carbons (Fsp3) is 0.353. The summed E-state index contributed by atoms with van der Waals surface area (Å²) < 4.78 is 11.0. The zero-order chi connectivity index (χ0) is 16.7. The number of anilines is 1. The Kier molecular flexibility index (Phi) is 5.75. The van der Waals surface area contributed by atoms with Crippen molar-refractivity contribution < 1.29 is 9.15 Å². The monoisotopic (exact) mass is 312 g/mol. The lowest BCUT2D eigenvalue weighted by Gasteiger charge is -2.03. The van der Waals surface area contributed by atoms with Crippen LogP contribution in [0, 0.1) is 11.3 Å². The number of nitrogens with one attached hydrogen (secondary N) is 1. The third kappa shape index (κ3) is 4.58. The van der Waals surface area contributed by atoms with E-state index in [0.29, 0.717) is 12.5 Å². The number of aromatic nitrogens is 1. The predicted molar refractivity (Wildman–Crippen MR) is 88.8 cm³/mol. The van der Waals surface area contributed by atoms with E-state index in [1.807, 2.05) is 44.2 Å². The minimum atomic E-state index is 0.109. The highest BCUT2D eigenvalue weighted by atomic mass is 16.5. The van der Waals surface area contributed by atoms with Crippen molar-refractivity contribution in [1.29, 1.82) is 5.26 Å². The van der Waals surface area contributed by atoms with Gasteiger partial charge in [0.1, 0.15) is 11.8 Å². The molecule has 0 fully saturated rings. The van der Waals surface area contributed by atoms with Crippen LogP contribution in [0.1, 0.15) is 50.3 Å². The number of hydrogen-bond donors (Lipinski definition) is 1. The van der Waals surface area contributed by atoms with E-state index in [1.54, 1.807) is 6.21 Å². The first kappa shape index (κ1) is 16.6. The highest BCUT2D eigenvalue weighted by molar-refractivity contribution is 5.80. The highest BCUT2D eigenvalue weighted by Gasteiger charge is 2.14. The van der Waals surface area contributed by atoms with Gasteiger partial charge in [0, 0.05) is 5.92 Å². The molecule has 0 amide bonds. The summed E-state index contributed by atoms with van der Waals surface area (Å²) in [5.41, 5.74) is 3.83. The molecule has 2 aromatic rings. The van der Waals surface area contributed by atoms with Crippen molar-refractivity contribution in [1.82, 2.24) is 4.98 Å². The Hall–Kier alpha value is -2.81. The van der Waals surface area contributed by atoms with Crippen molar-refractivity contribution in [3.05, 3.63) is 41.4 Å². The summed E-state index contributed by atoms with van der Waals surface area (Å²) in [5.74, 6) is 1.71. The first-order valence-corrected chi connectivity index (χ1v) is 7.56. The second kappa shape index (κ2) is 7.99. The molecule has 2 rings (SSSR count). The van der Waals surface area contributed by atoms with Crippen LogP contribution in [0.3, 0.4) is 0 Å². The quantitative estimate of drug-likeness (QED) is 0.619. The molecule has 6 heteroatoms. The smallest absolute Gasteiger partial charge is 0.252 e. The van der Waals surface area contributed by atoms with Gasteiger partial charge in [-0.3, -0.25) is 0 Å². The van der Waals surface area contributed by atoms with E-state index >= 15 is 0 Å². The Balaban J connectivity index is 2.00. The Morgan fingerprint density at radius 1 is 1.39 bits per heavy atom. The number of rotatable bonds is 7. The van der Waals surface area contributed by atoms with E-state index in [2.05, 4.69) is 22.4 Å². The molecule has 0 radical (unpaired) electrons. The Bertz CT molecular complexity index is 696. The van der Waals surface area contributed by atoms with Crippen molar-refractivity contribution in [3.63, 3.8) is 0 Å². The third-order valence-corrected chi connectivity index (χ3v) is 2.98. The Morgan fingerprint density at radius 2 is 2.13 bits per heavy atom. The summed E-state index contributed by atoms with van der Waals surface area (Å²) in [6.07, 6.45) is 2.62. The zero-order valence-corrected chi connectivity index (χ0v) is 13.5. The number of ether oxygens (including phenoxy) is 1. The van der Waals surface area contributed by atoms with Gasteiger partial charge in [-0.15, -0.1) is 0 Å². The van der Waals surface area contributed by atoms with E-state index in [-0.39, 0.29) is 17.5 Å². The molecule has 0 aliphatic heterocycles. The van der Waals surface area contributed by atoms with Gasteiger partial charge < -0.3 is 9.15 Å². The molecule has 0 unspecified atom stereocenters. The minimum absolute atomic E-state index is 0.109. The van der Waals surface area contributed by atoms with Crippen LogP contribution in [-0.4, -0.2) is 17.8 Å². The Morgan fingerprint density at radius 3 is 2.74 bits per heavy atom. The van der Waals surface area contributed by atoms with Gasteiger partial charge in [-0.05, 0) is 36.2 Å². The molecule has 0 aliphatic carbocycles. The van der Waals surface area contributed by atoms with E-state index in [9.17, 15) is 0 Å².